The molecule has 0 unspecified atom stereocenters. The Balaban J connectivity index is 1.56. The lowest BCUT2D eigenvalue weighted by molar-refractivity contribution is -0.123. The fourth-order valence-corrected chi connectivity index (χ4v) is 3.90. The molecular formula is C21H24N4O3S. The number of rotatable bonds is 7. The second-order valence-corrected chi connectivity index (χ2v) is 8.09. The fourth-order valence-electron chi connectivity index (χ4n) is 3.02. The number of carbonyl (C=O) groups is 1. The number of nitrogens with zero attached hydrogens (tertiary/aromatic N) is 3. The predicted molar refractivity (Wildman–Crippen MR) is 113 cm³/mol. The van der Waals surface area contributed by atoms with Gasteiger partial charge >= 0.3 is 0 Å². The van der Waals surface area contributed by atoms with Crippen molar-refractivity contribution in [1.29, 1.82) is 0 Å². The van der Waals surface area contributed by atoms with Crippen LogP contribution in [0, 0.1) is 27.7 Å². The van der Waals surface area contributed by atoms with Crippen molar-refractivity contribution in [3.05, 3.63) is 62.5 Å². The van der Waals surface area contributed by atoms with E-state index in [2.05, 4.69) is 15.4 Å². The number of hydrogen-bond donors (Lipinski definition) is 1. The molecule has 0 bridgehead atoms. The molecule has 1 N–H and O–H groups in total. The minimum Gasteiger partial charge on any atom is -0.484 e. The van der Waals surface area contributed by atoms with Gasteiger partial charge in [-0.2, -0.15) is 5.10 Å². The summed E-state index contributed by atoms with van der Waals surface area (Å²) in [6.45, 7) is 8.30. The topological polar surface area (TPSA) is 86.1 Å². The van der Waals surface area contributed by atoms with Crippen molar-refractivity contribution in [2.24, 2.45) is 0 Å². The second kappa shape index (κ2) is 9.00. The van der Waals surface area contributed by atoms with E-state index >= 15 is 0 Å². The number of benzene rings is 1. The predicted octanol–water partition coefficient (Wildman–Crippen LogP) is 2.80. The molecule has 3 rings (SSSR count). The van der Waals surface area contributed by atoms with E-state index in [1.54, 1.807) is 17.4 Å². The molecule has 0 aliphatic heterocycles. The molecule has 0 atom stereocenters. The molecule has 3 aromatic rings. The van der Waals surface area contributed by atoms with Gasteiger partial charge in [0.05, 0.1) is 22.1 Å². The highest BCUT2D eigenvalue weighted by atomic mass is 32.1. The van der Waals surface area contributed by atoms with Crippen LogP contribution in [0.1, 0.15) is 21.8 Å². The third-order valence-electron chi connectivity index (χ3n) is 4.21. The van der Waals surface area contributed by atoms with Gasteiger partial charge in [-0.1, -0.05) is 6.07 Å². The average Bonchev–Trinajstić information content (AvgIpc) is 2.99. The Labute approximate surface area is 173 Å². The van der Waals surface area contributed by atoms with Gasteiger partial charge in [0, 0.05) is 12.6 Å². The van der Waals surface area contributed by atoms with Gasteiger partial charge in [-0.25, -0.2) is 9.67 Å². The van der Waals surface area contributed by atoms with Crippen LogP contribution >= 0.6 is 11.3 Å². The zero-order valence-corrected chi connectivity index (χ0v) is 17.8. The van der Waals surface area contributed by atoms with Crippen molar-refractivity contribution in [3.8, 4) is 16.3 Å². The fraction of sp³-hybridized carbons (Fsp3) is 0.333. The van der Waals surface area contributed by atoms with E-state index in [-0.39, 0.29) is 31.2 Å². The lowest BCUT2D eigenvalue weighted by Gasteiger charge is -2.10. The third kappa shape index (κ3) is 5.51. The number of carbonyl (C=O) groups excluding carboxylic acids is 1. The number of ether oxygens (including phenoxy) is 1. The number of hydrogen-bond acceptors (Lipinski definition) is 6. The van der Waals surface area contributed by atoms with E-state index in [1.807, 2.05) is 45.9 Å². The summed E-state index contributed by atoms with van der Waals surface area (Å²) in [7, 11) is 0. The molecule has 8 heteroatoms. The Morgan fingerprint density at radius 2 is 1.86 bits per heavy atom. The number of aryl methyl sites for hydroxylation is 4. The lowest BCUT2D eigenvalue weighted by Crippen LogP contribution is -2.34. The van der Waals surface area contributed by atoms with E-state index in [9.17, 15) is 9.59 Å². The molecule has 152 valence electrons. The molecule has 2 aromatic heterocycles. The Bertz CT molecular complexity index is 1070. The zero-order chi connectivity index (χ0) is 21.0. The van der Waals surface area contributed by atoms with Gasteiger partial charge in [0.2, 0.25) is 0 Å². The van der Waals surface area contributed by atoms with E-state index in [1.165, 1.54) is 10.7 Å². The van der Waals surface area contributed by atoms with Crippen LogP contribution < -0.4 is 15.6 Å². The van der Waals surface area contributed by atoms with E-state index in [4.69, 9.17) is 4.74 Å². The summed E-state index contributed by atoms with van der Waals surface area (Å²) >= 11 is 1.54. The summed E-state index contributed by atoms with van der Waals surface area (Å²) < 4.78 is 6.90. The summed E-state index contributed by atoms with van der Waals surface area (Å²) in [5.41, 5.74) is 3.54. The lowest BCUT2D eigenvalue weighted by atomic mass is 10.1. The van der Waals surface area contributed by atoms with Crippen molar-refractivity contribution in [1.82, 2.24) is 20.1 Å². The van der Waals surface area contributed by atoms with Gasteiger partial charge in [0.25, 0.3) is 11.5 Å². The number of nitrogens with one attached hydrogen (secondary N) is 1. The quantitative estimate of drug-likeness (QED) is 0.645. The maximum atomic E-state index is 12.1. The first-order chi connectivity index (χ1) is 13.8. The maximum absolute atomic E-state index is 12.1. The average molecular weight is 413 g/mol. The van der Waals surface area contributed by atoms with Crippen LogP contribution in [0.2, 0.25) is 0 Å². The first kappa shape index (κ1) is 20.7. The van der Waals surface area contributed by atoms with Gasteiger partial charge in [0.1, 0.15) is 11.4 Å². The van der Waals surface area contributed by atoms with Crippen LogP contribution in [0.5, 0.6) is 5.75 Å². The molecule has 0 saturated carbocycles. The van der Waals surface area contributed by atoms with E-state index in [0.29, 0.717) is 11.4 Å². The molecule has 1 aromatic carbocycles. The van der Waals surface area contributed by atoms with Crippen molar-refractivity contribution >= 4 is 17.2 Å². The molecule has 0 fully saturated rings. The zero-order valence-electron chi connectivity index (χ0n) is 17.0. The number of aromatic nitrogens is 3. The first-order valence-electron chi connectivity index (χ1n) is 9.32. The summed E-state index contributed by atoms with van der Waals surface area (Å²) in [5, 5.41) is 8.13. The van der Waals surface area contributed by atoms with Gasteiger partial charge in [-0.15, -0.1) is 11.3 Å². The molecule has 0 aliphatic rings. The van der Waals surface area contributed by atoms with Crippen LogP contribution in [0.15, 0.2) is 35.1 Å². The van der Waals surface area contributed by atoms with E-state index in [0.717, 1.165) is 26.7 Å². The highest BCUT2D eigenvalue weighted by Gasteiger charge is 2.11. The van der Waals surface area contributed by atoms with Gasteiger partial charge in [-0.3, -0.25) is 9.59 Å². The van der Waals surface area contributed by atoms with Crippen LogP contribution in [-0.4, -0.2) is 33.8 Å². The van der Waals surface area contributed by atoms with Crippen molar-refractivity contribution in [2.45, 2.75) is 34.2 Å². The highest BCUT2D eigenvalue weighted by molar-refractivity contribution is 7.15. The smallest absolute Gasteiger partial charge is 0.266 e. The van der Waals surface area contributed by atoms with Gasteiger partial charge in [0.15, 0.2) is 6.61 Å². The Hall–Kier alpha value is -3.00. The number of thiazole rings is 1. The Morgan fingerprint density at radius 1 is 1.14 bits per heavy atom. The normalized spacial score (nSPS) is 10.8. The van der Waals surface area contributed by atoms with Crippen molar-refractivity contribution in [3.63, 3.8) is 0 Å². The minimum atomic E-state index is -0.248. The monoisotopic (exact) mass is 412 g/mol. The molecule has 2 heterocycles. The summed E-state index contributed by atoms with van der Waals surface area (Å²) in [6, 6.07) is 9.01. The molecular weight excluding hydrogens is 388 g/mol. The molecule has 0 radical (unpaired) electrons. The summed E-state index contributed by atoms with van der Waals surface area (Å²) in [6.07, 6.45) is 0. The number of amides is 1. The van der Waals surface area contributed by atoms with Gasteiger partial charge in [-0.05, 0) is 57.0 Å². The summed E-state index contributed by atoms with van der Waals surface area (Å²) in [4.78, 5) is 29.5. The molecule has 0 spiro atoms. The molecule has 0 saturated heterocycles. The van der Waals surface area contributed by atoms with Crippen molar-refractivity contribution < 1.29 is 9.53 Å². The van der Waals surface area contributed by atoms with Crippen LogP contribution in [0.4, 0.5) is 0 Å². The highest BCUT2D eigenvalue weighted by Crippen LogP contribution is 2.27. The van der Waals surface area contributed by atoms with Crippen LogP contribution in [0.25, 0.3) is 10.6 Å². The van der Waals surface area contributed by atoms with Crippen LogP contribution in [-0.2, 0) is 11.3 Å². The van der Waals surface area contributed by atoms with Crippen LogP contribution in [0.3, 0.4) is 0 Å². The summed E-state index contributed by atoms with van der Waals surface area (Å²) in [5.74, 6) is 0.417. The first-order valence-corrected chi connectivity index (χ1v) is 10.1. The molecule has 1 amide bonds. The second-order valence-electron chi connectivity index (χ2n) is 6.89. The Morgan fingerprint density at radius 3 is 2.52 bits per heavy atom. The third-order valence-corrected chi connectivity index (χ3v) is 5.31. The van der Waals surface area contributed by atoms with E-state index < -0.39 is 0 Å². The Kier molecular flexibility index (Phi) is 6.43. The standard InChI is InChI=1S/C21H24N4O3S/c1-13-9-14(2)11-17(10-13)28-12-19(26)22-7-8-25-20(27)6-5-18(24-25)21-15(3)23-16(4)29-21/h5-6,9-11H,7-8,12H2,1-4H3,(H,22,26). The van der Waals surface area contributed by atoms with Gasteiger partial charge < -0.3 is 10.1 Å². The largest absolute Gasteiger partial charge is 0.484 e. The van der Waals surface area contributed by atoms with Crippen molar-refractivity contribution in [2.75, 3.05) is 13.2 Å². The minimum absolute atomic E-state index is 0.0788. The SMILES string of the molecule is Cc1cc(C)cc(OCC(=O)NCCn2nc(-c3sc(C)nc3C)ccc2=O)c1. The molecule has 7 nitrogen and oxygen atoms in total. The molecule has 0 aliphatic carbocycles. The molecule has 29 heavy (non-hydrogen) atoms. The maximum Gasteiger partial charge on any atom is 0.266 e.